The summed E-state index contributed by atoms with van der Waals surface area (Å²) in [6.07, 6.45) is 0. The van der Waals surface area contributed by atoms with Crippen LogP contribution in [0.5, 0.6) is 0 Å². The molecular weight excluding hydrogens is 254 g/mol. The summed E-state index contributed by atoms with van der Waals surface area (Å²) < 4.78 is 4.87. The van der Waals surface area contributed by atoms with Crippen molar-refractivity contribution in [1.82, 2.24) is 10.1 Å². The fourth-order valence-electron chi connectivity index (χ4n) is 2.02. The molecule has 5 heteroatoms. The lowest BCUT2D eigenvalue weighted by molar-refractivity contribution is 0.0972. The van der Waals surface area contributed by atoms with Gasteiger partial charge in [0.15, 0.2) is 0 Å². The Morgan fingerprint density at radius 1 is 1.30 bits per heavy atom. The lowest BCUT2D eigenvalue weighted by atomic mass is 10.0. The summed E-state index contributed by atoms with van der Waals surface area (Å²) in [5.74, 6) is -0.0193. The Balaban J connectivity index is 2.21. The Bertz CT molecular complexity index is 859. The summed E-state index contributed by atoms with van der Waals surface area (Å²) in [6, 6.07) is 13.3. The first-order valence-electron chi connectivity index (χ1n) is 5.97. The molecule has 0 aliphatic carbocycles. The number of nitriles is 1. The highest BCUT2D eigenvalue weighted by atomic mass is 16.5. The van der Waals surface area contributed by atoms with Gasteiger partial charge in [0, 0.05) is 12.5 Å². The van der Waals surface area contributed by atoms with E-state index in [1.54, 1.807) is 6.07 Å². The second-order valence-electron chi connectivity index (χ2n) is 4.34. The molecule has 0 bridgehead atoms. The van der Waals surface area contributed by atoms with Crippen molar-refractivity contribution in [3.63, 3.8) is 0 Å². The van der Waals surface area contributed by atoms with Gasteiger partial charge >= 0.3 is 0 Å². The zero-order chi connectivity index (χ0) is 14.1. The van der Waals surface area contributed by atoms with E-state index in [0.29, 0.717) is 17.0 Å². The van der Waals surface area contributed by atoms with Gasteiger partial charge in [-0.2, -0.15) is 10.2 Å². The van der Waals surface area contributed by atoms with E-state index >= 15 is 0 Å². The molecule has 0 N–H and O–H groups in total. The molecule has 0 atom stereocenters. The van der Waals surface area contributed by atoms with Crippen LogP contribution in [0.3, 0.4) is 0 Å². The predicted octanol–water partition coefficient (Wildman–Crippen LogP) is 2.96. The van der Waals surface area contributed by atoms with Crippen molar-refractivity contribution in [2.24, 2.45) is 0 Å². The van der Waals surface area contributed by atoms with Gasteiger partial charge in [-0.25, -0.2) is 0 Å². The number of hydrogen-bond acceptors (Lipinski definition) is 5. The Kier molecular flexibility index (Phi) is 2.77. The summed E-state index contributed by atoms with van der Waals surface area (Å²) in [5.41, 5.74) is 1.18. The summed E-state index contributed by atoms with van der Waals surface area (Å²) in [7, 11) is 0. The average molecular weight is 263 g/mol. The van der Waals surface area contributed by atoms with Crippen LogP contribution >= 0.6 is 0 Å². The van der Waals surface area contributed by atoms with Crippen LogP contribution in [0.15, 0.2) is 40.9 Å². The smallest absolute Gasteiger partial charge is 0.294 e. The molecule has 0 amide bonds. The Morgan fingerprint density at radius 3 is 2.80 bits per heavy atom. The van der Waals surface area contributed by atoms with Crippen molar-refractivity contribution in [3.05, 3.63) is 47.9 Å². The van der Waals surface area contributed by atoms with E-state index in [1.807, 2.05) is 30.3 Å². The number of carbonyl (C=O) groups is 1. The van der Waals surface area contributed by atoms with Gasteiger partial charge in [0.05, 0.1) is 11.6 Å². The molecule has 2 aromatic carbocycles. The summed E-state index contributed by atoms with van der Waals surface area (Å²) >= 11 is 0. The first-order chi connectivity index (χ1) is 9.69. The molecule has 0 aliphatic heterocycles. The standard InChI is InChI=1S/C15H9N3O2/c1-9(19)15-17-14(18-20-15)11-6-10-4-2-3-5-13(10)12(7-11)8-16/h2-7H,1H3. The third kappa shape index (κ3) is 1.93. The second-order valence-corrected chi connectivity index (χ2v) is 4.34. The van der Waals surface area contributed by atoms with E-state index in [-0.39, 0.29) is 11.7 Å². The molecule has 1 aromatic heterocycles. The molecule has 0 saturated carbocycles. The Hall–Kier alpha value is -3.00. The van der Waals surface area contributed by atoms with Crippen molar-refractivity contribution >= 4 is 16.6 Å². The van der Waals surface area contributed by atoms with Crippen LogP contribution in [0.25, 0.3) is 22.2 Å². The van der Waals surface area contributed by atoms with Gasteiger partial charge in [0.1, 0.15) is 0 Å². The summed E-state index contributed by atoms with van der Waals surface area (Å²) in [4.78, 5) is 15.2. The monoisotopic (exact) mass is 263 g/mol. The fourth-order valence-corrected chi connectivity index (χ4v) is 2.02. The molecular formula is C15H9N3O2. The van der Waals surface area contributed by atoms with E-state index in [4.69, 9.17) is 4.52 Å². The van der Waals surface area contributed by atoms with Crippen LogP contribution in [0.4, 0.5) is 0 Å². The number of fused-ring (bicyclic) bond motifs is 1. The Labute approximate surface area is 114 Å². The van der Waals surface area contributed by atoms with Gasteiger partial charge in [-0.15, -0.1) is 0 Å². The third-order valence-electron chi connectivity index (χ3n) is 2.97. The SMILES string of the molecule is CC(=O)c1nc(-c2cc(C#N)c3ccccc3c2)no1. The highest BCUT2D eigenvalue weighted by Gasteiger charge is 2.13. The minimum atomic E-state index is -0.287. The molecule has 1 heterocycles. The molecule has 0 spiro atoms. The van der Waals surface area contributed by atoms with Gasteiger partial charge in [-0.1, -0.05) is 29.4 Å². The summed E-state index contributed by atoms with van der Waals surface area (Å²) in [5, 5.41) is 14.8. The molecule has 0 unspecified atom stereocenters. The summed E-state index contributed by atoms with van der Waals surface area (Å²) in [6.45, 7) is 1.36. The van der Waals surface area contributed by atoms with Crippen molar-refractivity contribution < 1.29 is 9.32 Å². The normalized spacial score (nSPS) is 10.4. The quantitative estimate of drug-likeness (QED) is 0.664. The molecule has 96 valence electrons. The van der Waals surface area contributed by atoms with Crippen LogP contribution in [0, 0.1) is 11.3 Å². The van der Waals surface area contributed by atoms with E-state index in [2.05, 4.69) is 16.2 Å². The van der Waals surface area contributed by atoms with Crippen molar-refractivity contribution in [1.29, 1.82) is 5.26 Å². The molecule has 5 nitrogen and oxygen atoms in total. The van der Waals surface area contributed by atoms with Gasteiger partial charge < -0.3 is 4.52 Å². The predicted molar refractivity (Wildman–Crippen MR) is 72.0 cm³/mol. The van der Waals surface area contributed by atoms with Gasteiger partial charge in [-0.3, -0.25) is 4.79 Å². The molecule has 0 fully saturated rings. The number of carbonyl (C=O) groups excluding carboxylic acids is 1. The highest BCUT2D eigenvalue weighted by Crippen LogP contribution is 2.25. The number of Topliss-reactive ketones (excluding diaryl/α,β-unsaturated/α-hetero) is 1. The lowest BCUT2D eigenvalue weighted by Crippen LogP contribution is -1.91. The number of ketones is 1. The van der Waals surface area contributed by atoms with Crippen molar-refractivity contribution in [2.75, 3.05) is 0 Å². The maximum Gasteiger partial charge on any atom is 0.294 e. The van der Waals surface area contributed by atoms with E-state index in [1.165, 1.54) is 6.92 Å². The lowest BCUT2D eigenvalue weighted by Gasteiger charge is -2.02. The number of benzene rings is 2. The number of aromatic nitrogens is 2. The Morgan fingerprint density at radius 2 is 2.10 bits per heavy atom. The maximum atomic E-state index is 11.2. The average Bonchev–Trinajstić information content (AvgIpc) is 2.96. The van der Waals surface area contributed by atoms with Crippen molar-refractivity contribution in [3.8, 4) is 17.5 Å². The third-order valence-corrected chi connectivity index (χ3v) is 2.97. The molecule has 3 rings (SSSR count). The first-order valence-corrected chi connectivity index (χ1v) is 5.97. The van der Waals surface area contributed by atoms with E-state index < -0.39 is 0 Å². The van der Waals surface area contributed by atoms with Crippen LogP contribution in [0.2, 0.25) is 0 Å². The molecule has 0 saturated heterocycles. The molecule has 3 aromatic rings. The molecule has 0 aliphatic rings. The maximum absolute atomic E-state index is 11.2. The highest BCUT2D eigenvalue weighted by molar-refractivity contribution is 5.92. The van der Waals surface area contributed by atoms with Gasteiger partial charge in [0.25, 0.3) is 5.89 Å². The zero-order valence-electron chi connectivity index (χ0n) is 10.6. The van der Waals surface area contributed by atoms with Crippen LogP contribution in [-0.2, 0) is 0 Å². The number of rotatable bonds is 2. The van der Waals surface area contributed by atoms with Gasteiger partial charge in [-0.05, 0) is 22.9 Å². The van der Waals surface area contributed by atoms with E-state index in [0.717, 1.165) is 10.8 Å². The van der Waals surface area contributed by atoms with Gasteiger partial charge in [0.2, 0.25) is 11.6 Å². The van der Waals surface area contributed by atoms with E-state index in [9.17, 15) is 10.1 Å². The van der Waals surface area contributed by atoms with Crippen molar-refractivity contribution in [2.45, 2.75) is 6.92 Å². The van der Waals surface area contributed by atoms with Crippen LogP contribution < -0.4 is 0 Å². The minimum Gasteiger partial charge on any atom is -0.330 e. The largest absolute Gasteiger partial charge is 0.330 e. The number of nitrogens with zero attached hydrogens (tertiary/aromatic N) is 3. The minimum absolute atomic E-state index is 0.0355. The van der Waals surface area contributed by atoms with Crippen LogP contribution in [-0.4, -0.2) is 15.9 Å². The second kappa shape index (κ2) is 4.59. The zero-order valence-corrected chi connectivity index (χ0v) is 10.6. The first kappa shape index (κ1) is 12.1. The molecule has 20 heavy (non-hydrogen) atoms. The number of hydrogen-bond donors (Lipinski definition) is 0. The fraction of sp³-hybridized carbons (Fsp3) is 0.0667. The topological polar surface area (TPSA) is 79.8 Å². The van der Waals surface area contributed by atoms with Crippen LogP contribution in [0.1, 0.15) is 23.2 Å². The molecule has 0 radical (unpaired) electrons.